The summed E-state index contributed by atoms with van der Waals surface area (Å²) in [6, 6.07) is 3.61. The van der Waals surface area contributed by atoms with Crippen molar-refractivity contribution in [1.82, 2.24) is 4.98 Å². The summed E-state index contributed by atoms with van der Waals surface area (Å²) in [5.41, 5.74) is -3.70. The van der Waals surface area contributed by atoms with E-state index >= 15 is 0 Å². The number of pyridine rings is 1. The molecule has 1 unspecified atom stereocenters. The number of fused-ring (bicyclic) bond motifs is 1. The Kier molecular flexibility index (Phi) is 4.82. The molecular formula is C17H11F7N2O2. The molecule has 11 heteroatoms. The highest BCUT2D eigenvalue weighted by Gasteiger charge is 2.55. The number of carbonyl (C=O) groups excluding carboxylic acids is 1. The molecule has 0 saturated heterocycles. The average molecular weight is 408 g/mol. The average Bonchev–Trinajstić information content (AvgIpc) is 2.81. The number of amides is 1. The Morgan fingerprint density at radius 1 is 1.18 bits per heavy atom. The van der Waals surface area contributed by atoms with Crippen LogP contribution < -0.4 is 4.90 Å². The van der Waals surface area contributed by atoms with Gasteiger partial charge in [0.25, 0.3) is 6.43 Å². The van der Waals surface area contributed by atoms with Gasteiger partial charge in [-0.25, -0.2) is 8.78 Å². The summed E-state index contributed by atoms with van der Waals surface area (Å²) >= 11 is 0. The summed E-state index contributed by atoms with van der Waals surface area (Å²) in [6.07, 6.45) is -9.15. The zero-order chi connectivity index (χ0) is 20.9. The number of halogens is 7. The molecule has 150 valence electrons. The van der Waals surface area contributed by atoms with Crippen molar-refractivity contribution in [1.29, 1.82) is 0 Å². The highest BCUT2D eigenvalue weighted by Crippen LogP contribution is 2.48. The van der Waals surface area contributed by atoms with Crippen molar-refractivity contribution in [2.24, 2.45) is 0 Å². The standard InChI is InChI=1S/C17H11F7N2O2/c18-14(19)13(27)10-2-1-3-11-12(10)16(20,21)15(28)26(11)7-8-4-9(6-25-5-8)17(22,23)24/h1-6,13-14,27H,7H2. The molecule has 4 nitrogen and oxygen atoms in total. The Morgan fingerprint density at radius 2 is 1.86 bits per heavy atom. The fourth-order valence-corrected chi connectivity index (χ4v) is 2.96. The lowest BCUT2D eigenvalue weighted by molar-refractivity contribution is -0.142. The molecule has 0 aliphatic carbocycles. The monoisotopic (exact) mass is 408 g/mol. The summed E-state index contributed by atoms with van der Waals surface area (Å²) in [4.78, 5) is 16.1. The molecule has 1 aromatic carbocycles. The van der Waals surface area contributed by atoms with E-state index in [1.54, 1.807) is 0 Å². The Balaban J connectivity index is 2.05. The highest BCUT2D eigenvalue weighted by atomic mass is 19.4. The summed E-state index contributed by atoms with van der Waals surface area (Å²) in [5, 5.41) is 9.53. The molecule has 28 heavy (non-hydrogen) atoms. The number of hydrogen-bond donors (Lipinski definition) is 1. The van der Waals surface area contributed by atoms with Crippen LogP contribution in [0.4, 0.5) is 36.4 Å². The molecule has 0 radical (unpaired) electrons. The van der Waals surface area contributed by atoms with E-state index in [-0.39, 0.29) is 5.56 Å². The van der Waals surface area contributed by atoms with Crippen molar-refractivity contribution < 1.29 is 40.6 Å². The maximum absolute atomic E-state index is 14.5. The minimum atomic E-state index is -4.73. The minimum absolute atomic E-state index is 0.188. The van der Waals surface area contributed by atoms with Gasteiger partial charge < -0.3 is 10.0 Å². The maximum atomic E-state index is 14.5. The molecule has 1 amide bonds. The van der Waals surface area contributed by atoms with Crippen LogP contribution in [0.15, 0.2) is 36.7 Å². The predicted octanol–water partition coefficient (Wildman–Crippen LogP) is 4.04. The van der Waals surface area contributed by atoms with E-state index in [4.69, 9.17) is 0 Å². The molecule has 2 heterocycles. The Hall–Kier alpha value is -2.69. The van der Waals surface area contributed by atoms with Gasteiger partial charge in [0, 0.05) is 12.4 Å². The highest BCUT2D eigenvalue weighted by molar-refractivity contribution is 6.06. The minimum Gasteiger partial charge on any atom is -0.382 e. The van der Waals surface area contributed by atoms with Gasteiger partial charge in [0.15, 0.2) is 0 Å². The zero-order valence-corrected chi connectivity index (χ0v) is 13.7. The number of aromatic nitrogens is 1. The Bertz CT molecular complexity index is 915. The fraction of sp³-hybridized carbons (Fsp3) is 0.294. The number of hydrogen-bond acceptors (Lipinski definition) is 3. The fourth-order valence-electron chi connectivity index (χ4n) is 2.96. The number of aliphatic hydroxyl groups is 1. The maximum Gasteiger partial charge on any atom is 0.417 e. The lowest BCUT2D eigenvalue weighted by Crippen LogP contribution is -2.34. The van der Waals surface area contributed by atoms with Gasteiger partial charge in [0.05, 0.1) is 23.4 Å². The van der Waals surface area contributed by atoms with Crippen LogP contribution in [0.3, 0.4) is 0 Å². The van der Waals surface area contributed by atoms with Crippen LogP contribution in [0.5, 0.6) is 0 Å². The number of aliphatic hydroxyl groups excluding tert-OH is 1. The van der Waals surface area contributed by atoms with E-state index in [0.717, 1.165) is 24.4 Å². The number of nitrogens with zero attached hydrogens (tertiary/aromatic N) is 2. The third kappa shape index (κ3) is 3.30. The lowest BCUT2D eigenvalue weighted by atomic mass is 9.98. The van der Waals surface area contributed by atoms with Gasteiger partial charge in [0.1, 0.15) is 6.10 Å². The third-order valence-electron chi connectivity index (χ3n) is 4.21. The van der Waals surface area contributed by atoms with Crippen molar-refractivity contribution >= 4 is 11.6 Å². The molecule has 0 saturated carbocycles. The van der Waals surface area contributed by atoms with Crippen molar-refractivity contribution in [2.45, 2.75) is 31.2 Å². The lowest BCUT2D eigenvalue weighted by Gasteiger charge is -2.18. The van der Waals surface area contributed by atoms with Crippen LogP contribution in [0.2, 0.25) is 0 Å². The topological polar surface area (TPSA) is 53.4 Å². The van der Waals surface area contributed by atoms with E-state index < -0.39 is 59.5 Å². The second-order valence-electron chi connectivity index (χ2n) is 6.07. The first-order valence-corrected chi connectivity index (χ1v) is 7.75. The second kappa shape index (κ2) is 6.73. The first kappa shape index (κ1) is 20.1. The number of carbonyl (C=O) groups is 1. The van der Waals surface area contributed by atoms with Crippen molar-refractivity contribution in [2.75, 3.05) is 4.90 Å². The Labute approximate surface area is 153 Å². The molecule has 1 atom stereocenters. The number of rotatable bonds is 4. The van der Waals surface area contributed by atoms with Crippen LogP contribution in [0.25, 0.3) is 0 Å². The van der Waals surface area contributed by atoms with Gasteiger partial charge in [-0.1, -0.05) is 12.1 Å². The van der Waals surface area contributed by atoms with E-state index in [9.17, 15) is 40.6 Å². The number of alkyl halides is 7. The van der Waals surface area contributed by atoms with Crippen LogP contribution >= 0.6 is 0 Å². The van der Waals surface area contributed by atoms with Gasteiger partial charge in [0.2, 0.25) is 0 Å². The normalized spacial score (nSPS) is 17.2. The third-order valence-corrected chi connectivity index (χ3v) is 4.21. The quantitative estimate of drug-likeness (QED) is 0.778. The Morgan fingerprint density at radius 3 is 2.46 bits per heavy atom. The molecule has 0 fully saturated rings. The molecule has 1 N–H and O–H groups in total. The van der Waals surface area contributed by atoms with Crippen LogP contribution in [0.1, 0.15) is 28.4 Å². The molecule has 1 aliphatic heterocycles. The smallest absolute Gasteiger partial charge is 0.382 e. The van der Waals surface area contributed by atoms with Gasteiger partial charge in [-0.2, -0.15) is 22.0 Å². The van der Waals surface area contributed by atoms with Crippen molar-refractivity contribution in [3.05, 3.63) is 58.9 Å². The zero-order valence-electron chi connectivity index (χ0n) is 13.7. The summed E-state index contributed by atoms with van der Waals surface area (Å²) in [7, 11) is 0. The first-order valence-electron chi connectivity index (χ1n) is 7.75. The molecular weight excluding hydrogens is 397 g/mol. The molecule has 0 bridgehead atoms. The van der Waals surface area contributed by atoms with Gasteiger partial charge >= 0.3 is 18.0 Å². The second-order valence-corrected chi connectivity index (χ2v) is 6.07. The number of anilines is 1. The van der Waals surface area contributed by atoms with Gasteiger partial charge in [-0.15, -0.1) is 0 Å². The van der Waals surface area contributed by atoms with Crippen molar-refractivity contribution in [3.8, 4) is 0 Å². The molecule has 0 spiro atoms. The van der Waals surface area contributed by atoms with Crippen LogP contribution in [-0.2, 0) is 23.4 Å². The van der Waals surface area contributed by atoms with Gasteiger partial charge in [-0.3, -0.25) is 9.78 Å². The largest absolute Gasteiger partial charge is 0.417 e. The van der Waals surface area contributed by atoms with Crippen molar-refractivity contribution in [3.63, 3.8) is 0 Å². The van der Waals surface area contributed by atoms with E-state index in [0.29, 0.717) is 17.2 Å². The first-order chi connectivity index (χ1) is 12.9. The number of benzene rings is 1. The van der Waals surface area contributed by atoms with E-state index in [1.165, 1.54) is 0 Å². The predicted molar refractivity (Wildman–Crippen MR) is 81.7 cm³/mol. The molecule has 1 aliphatic rings. The molecule has 3 rings (SSSR count). The molecule has 1 aromatic heterocycles. The molecule has 2 aromatic rings. The van der Waals surface area contributed by atoms with Crippen LogP contribution in [0, 0.1) is 0 Å². The van der Waals surface area contributed by atoms with Crippen LogP contribution in [-0.4, -0.2) is 22.4 Å². The summed E-state index contributed by atoms with van der Waals surface area (Å²) < 4.78 is 93.0. The SMILES string of the molecule is O=C1N(Cc2cncc(C(F)(F)F)c2)c2cccc(C(O)C(F)F)c2C1(F)F. The van der Waals surface area contributed by atoms with Gasteiger partial charge in [-0.05, 0) is 23.3 Å². The summed E-state index contributed by atoms with van der Waals surface area (Å²) in [5.74, 6) is -6.02. The summed E-state index contributed by atoms with van der Waals surface area (Å²) in [6.45, 7) is -0.688. The van der Waals surface area contributed by atoms with E-state index in [1.807, 2.05) is 0 Å². The van der Waals surface area contributed by atoms with E-state index in [2.05, 4.69) is 4.98 Å².